The average molecular weight is 704 g/mol. The number of benzene rings is 2. The summed E-state index contributed by atoms with van der Waals surface area (Å²) in [7, 11) is -2.53. The van der Waals surface area contributed by atoms with E-state index >= 15 is 0 Å². The number of aryl methyl sites for hydroxylation is 2. The summed E-state index contributed by atoms with van der Waals surface area (Å²) in [6, 6.07) is 8.22. The van der Waals surface area contributed by atoms with E-state index in [1.165, 1.54) is 34.5 Å². The number of nitrogens with one attached hydrogen (secondary N) is 2. The van der Waals surface area contributed by atoms with Crippen LogP contribution in [0.1, 0.15) is 61.8 Å². The van der Waals surface area contributed by atoms with Gasteiger partial charge in [-0.2, -0.15) is 4.31 Å². The smallest absolute Gasteiger partial charge is 0.323 e. The Morgan fingerprint density at radius 3 is 2.51 bits per heavy atom. The van der Waals surface area contributed by atoms with Crippen LogP contribution in [-0.2, 0) is 14.8 Å². The Balaban J connectivity index is 1.63. The molecule has 0 saturated heterocycles. The number of likely N-dealkylation sites (N-methyl/N-ethyl adjacent to an activating group) is 1. The van der Waals surface area contributed by atoms with Gasteiger partial charge in [0.05, 0.1) is 35.3 Å². The molecule has 49 heavy (non-hydrogen) atoms. The Kier molecular flexibility index (Phi) is 12.8. The second-order valence-electron chi connectivity index (χ2n) is 12.5. The fourth-order valence-corrected chi connectivity index (χ4v) is 6.72. The Labute approximate surface area is 286 Å². The molecule has 13 nitrogen and oxygen atoms in total. The van der Waals surface area contributed by atoms with Crippen molar-refractivity contribution in [1.29, 1.82) is 0 Å². The van der Waals surface area contributed by atoms with E-state index in [1.54, 1.807) is 32.9 Å². The van der Waals surface area contributed by atoms with E-state index in [0.29, 0.717) is 48.0 Å². The first kappa shape index (κ1) is 37.8. The molecule has 1 aliphatic heterocycles. The molecule has 15 heteroatoms. The van der Waals surface area contributed by atoms with Gasteiger partial charge in [-0.3, -0.25) is 4.79 Å². The first-order valence-corrected chi connectivity index (χ1v) is 17.7. The first-order chi connectivity index (χ1) is 23.2. The molecule has 0 aliphatic carbocycles. The van der Waals surface area contributed by atoms with Crippen LogP contribution < -0.4 is 15.4 Å². The molecule has 0 radical (unpaired) electrons. The van der Waals surface area contributed by atoms with Crippen LogP contribution in [0.4, 0.5) is 20.6 Å². The van der Waals surface area contributed by atoms with E-state index in [2.05, 4.69) is 15.8 Å². The van der Waals surface area contributed by atoms with Crippen LogP contribution in [-0.4, -0.2) is 91.4 Å². The van der Waals surface area contributed by atoms with Crippen molar-refractivity contribution in [2.24, 2.45) is 5.92 Å². The number of fused-ring (bicyclic) bond motifs is 1. The van der Waals surface area contributed by atoms with Crippen molar-refractivity contribution >= 4 is 33.3 Å². The summed E-state index contributed by atoms with van der Waals surface area (Å²) in [5, 5.41) is 19.5. The van der Waals surface area contributed by atoms with Gasteiger partial charge in [-0.15, -0.1) is 0 Å². The number of rotatable bonds is 8. The molecule has 1 aromatic heterocycles. The van der Waals surface area contributed by atoms with Crippen molar-refractivity contribution < 1.29 is 41.5 Å². The van der Waals surface area contributed by atoms with Crippen LogP contribution >= 0.6 is 0 Å². The number of aliphatic hydroxyl groups excluding tert-OH is 1. The molecule has 0 fully saturated rings. The van der Waals surface area contributed by atoms with Gasteiger partial charge in [0.25, 0.3) is 5.91 Å². The Morgan fingerprint density at radius 1 is 1.14 bits per heavy atom. The Hall–Kier alpha value is -4.05. The number of hydrogen-bond donors (Lipinski definition) is 3. The lowest BCUT2D eigenvalue weighted by atomic mass is 10.0. The number of aliphatic hydroxyl groups is 1. The normalized spacial score (nSPS) is 20.2. The number of amides is 3. The van der Waals surface area contributed by atoms with Gasteiger partial charge in [-0.05, 0) is 89.4 Å². The van der Waals surface area contributed by atoms with Crippen molar-refractivity contribution in [2.75, 3.05) is 44.0 Å². The van der Waals surface area contributed by atoms with Crippen LogP contribution in [0.5, 0.6) is 5.75 Å². The zero-order chi connectivity index (χ0) is 35.9. The molecule has 3 aromatic rings. The highest BCUT2D eigenvalue weighted by Crippen LogP contribution is 2.29. The van der Waals surface area contributed by atoms with Gasteiger partial charge in [0.2, 0.25) is 10.0 Å². The Bertz CT molecular complexity index is 1680. The first-order valence-electron chi connectivity index (χ1n) is 16.3. The number of carbonyl (C=O) groups excluding carboxylic acids is 2. The highest BCUT2D eigenvalue weighted by Gasteiger charge is 2.32. The molecule has 0 bridgehead atoms. The highest BCUT2D eigenvalue weighted by molar-refractivity contribution is 7.89. The van der Waals surface area contributed by atoms with Crippen LogP contribution in [0.15, 0.2) is 51.9 Å². The fraction of sp³-hybridized carbons (Fsp3) is 0.500. The number of ether oxygens (including phenoxy) is 2. The van der Waals surface area contributed by atoms with Crippen LogP contribution in [0, 0.1) is 25.6 Å². The zero-order valence-corrected chi connectivity index (χ0v) is 29.5. The molecule has 0 saturated carbocycles. The second-order valence-corrected chi connectivity index (χ2v) is 14.6. The quantitative estimate of drug-likeness (QED) is 0.287. The summed E-state index contributed by atoms with van der Waals surface area (Å²) < 4.78 is 59.0. The number of halogens is 1. The van der Waals surface area contributed by atoms with Gasteiger partial charge in [-0.1, -0.05) is 12.1 Å². The predicted octanol–water partition coefficient (Wildman–Crippen LogP) is 5.19. The predicted molar refractivity (Wildman–Crippen MR) is 182 cm³/mol. The van der Waals surface area contributed by atoms with E-state index in [0.717, 1.165) is 18.6 Å². The summed E-state index contributed by atoms with van der Waals surface area (Å²) in [4.78, 5) is 28.7. The molecular formula is C34H46FN5O8S. The number of hydrogen-bond acceptors (Lipinski definition) is 9. The third-order valence-electron chi connectivity index (χ3n) is 8.54. The zero-order valence-electron chi connectivity index (χ0n) is 28.7. The Morgan fingerprint density at radius 2 is 1.86 bits per heavy atom. The maximum absolute atomic E-state index is 14.4. The van der Waals surface area contributed by atoms with Gasteiger partial charge in [0.1, 0.15) is 22.9 Å². The highest BCUT2D eigenvalue weighted by atomic mass is 32.2. The van der Waals surface area contributed by atoms with Gasteiger partial charge < -0.3 is 34.6 Å². The van der Waals surface area contributed by atoms with Crippen molar-refractivity contribution in [3.63, 3.8) is 0 Å². The molecule has 2 heterocycles. The van der Waals surface area contributed by atoms with E-state index in [9.17, 15) is 27.5 Å². The van der Waals surface area contributed by atoms with Gasteiger partial charge >= 0.3 is 6.03 Å². The summed E-state index contributed by atoms with van der Waals surface area (Å²) in [5.41, 5.74) is 1.46. The van der Waals surface area contributed by atoms with E-state index in [1.807, 2.05) is 13.8 Å². The van der Waals surface area contributed by atoms with E-state index < -0.39 is 45.8 Å². The van der Waals surface area contributed by atoms with Crippen molar-refractivity contribution in [2.45, 2.75) is 77.0 Å². The van der Waals surface area contributed by atoms with Crippen LogP contribution in [0.25, 0.3) is 0 Å². The third kappa shape index (κ3) is 9.56. The van der Waals surface area contributed by atoms with Crippen LogP contribution in [0.2, 0.25) is 0 Å². The molecule has 2 aromatic carbocycles. The number of nitrogens with zero attached hydrogens (tertiary/aromatic N) is 3. The second kappa shape index (κ2) is 16.6. The van der Waals surface area contributed by atoms with Gasteiger partial charge in [0, 0.05) is 38.3 Å². The molecule has 1 aliphatic rings. The minimum Gasteiger partial charge on any atom is -0.490 e. The maximum Gasteiger partial charge on any atom is 0.323 e. The van der Waals surface area contributed by atoms with Crippen molar-refractivity contribution in [1.82, 2.24) is 14.4 Å². The molecule has 4 rings (SSSR count). The maximum atomic E-state index is 14.4. The lowest BCUT2D eigenvalue weighted by Crippen LogP contribution is -2.48. The monoisotopic (exact) mass is 703 g/mol. The molecule has 3 N–H and O–H groups in total. The summed E-state index contributed by atoms with van der Waals surface area (Å²) in [6.07, 6.45) is 1.22. The van der Waals surface area contributed by atoms with Crippen molar-refractivity contribution in [3.8, 4) is 5.75 Å². The number of anilines is 2. The molecule has 0 unspecified atom stereocenters. The van der Waals surface area contributed by atoms with Gasteiger partial charge in [0.15, 0.2) is 5.76 Å². The fourth-order valence-electron chi connectivity index (χ4n) is 5.54. The number of sulfonamides is 1. The summed E-state index contributed by atoms with van der Waals surface area (Å²) in [6.45, 7) is 8.94. The SMILES string of the molecule is Cc1noc(C)c1NC(=O)Nc1ccc2c(c1)C(=O)N([C@H](C)CO)C[C@H](C)[C@H](CN(C)S(=O)(=O)c1ccc(F)cc1)OCCCC[C@@H](C)O2. The van der Waals surface area contributed by atoms with Crippen molar-refractivity contribution in [3.05, 3.63) is 65.3 Å². The van der Waals surface area contributed by atoms with Gasteiger partial charge in [-0.25, -0.2) is 17.6 Å². The molecule has 0 spiro atoms. The number of urea groups is 1. The lowest BCUT2D eigenvalue weighted by molar-refractivity contribution is -0.00834. The molecule has 4 atom stereocenters. The lowest BCUT2D eigenvalue weighted by Gasteiger charge is -2.35. The topological polar surface area (TPSA) is 164 Å². The van der Waals surface area contributed by atoms with Crippen LogP contribution in [0.3, 0.4) is 0 Å². The summed E-state index contributed by atoms with van der Waals surface area (Å²) in [5.74, 6) is -0.617. The standard InChI is InChI=1S/C34H46FN5O8S/c1-21-18-40(22(2)20-41)33(42)29-17-27(36-34(43)37-32-24(4)38-48-25(32)5)12-15-30(29)47-23(3)9-7-8-16-46-31(21)19-39(6)49(44,45)28-13-10-26(35)11-14-28/h10-15,17,21-23,31,41H,7-9,16,18-20H2,1-6H3,(H2,36,37,43)/t21-,22+,23+,31-/m0/s1. The number of carbonyl (C=O) groups is 2. The van der Waals surface area contributed by atoms with E-state index in [4.69, 9.17) is 14.0 Å². The summed E-state index contributed by atoms with van der Waals surface area (Å²) >= 11 is 0. The molecule has 268 valence electrons. The van der Waals surface area contributed by atoms with E-state index in [-0.39, 0.29) is 36.3 Å². The molecule has 3 amide bonds. The molecular weight excluding hydrogens is 657 g/mol. The average Bonchev–Trinajstić information content (AvgIpc) is 3.38. The minimum absolute atomic E-state index is 0.0270. The minimum atomic E-state index is -3.97. The largest absolute Gasteiger partial charge is 0.490 e. The third-order valence-corrected chi connectivity index (χ3v) is 10.4. The number of aromatic nitrogens is 1.